The van der Waals surface area contributed by atoms with Gasteiger partial charge in [-0.05, 0) is 27.4 Å². The van der Waals surface area contributed by atoms with Crippen LogP contribution in [0, 0.1) is 5.41 Å². The summed E-state index contributed by atoms with van der Waals surface area (Å²) in [6.07, 6.45) is 0.816. The molecule has 10 heavy (non-hydrogen) atoms. The third-order valence-electron chi connectivity index (χ3n) is 0.972. The molecule has 2 nitrogen and oxygen atoms in total. The van der Waals surface area contributed by atoms with Gasteiger partial charge in [0.05, 0.1) is 11.1 Å². The quantitative estimate of drug-likeness (QED) is 0.600. The van der Waals surface area contributed by atoms with E-state index in [0.29, 0.717) is 4.88 Å². The van der Waals surface area contributed by atoms with E-state index in [0.717, 1.165) is 10.7 Å². The summed E-state index contributed by atoms with van der Waals surface area (Å²) in [4.78, 5) is 11.4. The van der Waals surface area contributed by atoms with Crippen LogP contribution in [0.25, 0.3) is 0 Å². The molecule has 52 valence electrons. The molecule has 0 radical (unpaired) electrons. The molecule has 0 aliphatic heterocycles. The van der Waals surface area contributed by atoms with Gasteiger partial charge in [0.15, 0.2) is 0 Å². The number of ketones is 1. The molecule has 0 spiro atoms. The van der Waals surface area contributed by atoms with Crippen molar-refractivity contribution in [1.82, 2.24) is 0 Å². The van der Waals surface area contributed by atoms with Crippen molar-refractivity contribution in [2.75, 3.05) is 0 Å². The summed E-state index contributed by atoms with van der Waals surface area (Å²) < 4.78 is 0.769. The first-order chi connectivity index (χ1) is 4.75. The summed E-state index contributed by atoms with van der Waals surface area (Å²) in [5, 5.41) is 8.50. The van der Waals surface area contributed by atoms with Gasteiger partial charge in [-0.1, -0.05) is 0 Å². The molecule has 0 saturated carbocycles. The minimum absolute atomic E-state index is 0.248. The van der Waals surface area contributed by atoms with Gasteiger partial charge < -0.3 is 5.41 Å². The minimum Gasteiger partial charge on any atom is -0.305 e. The van der Waals surface area contributed by atoms with Crippen molar-refractivity contribution >= 4 is 39.3 Å². The van der Waals surface area contributed by atoms with Crippen molar-refractivity contribution < 1.29 is 4.79 Å². The first-order valence-corrected chi connectivity index (χ1v) is 4.20. The lowest BCUT2D eigenvalue weighted by Gasteiger charge is -1.86. The predicted molar refractivity (Wildman–Crippen MR) is 45.1 cm³/mol. The summed E-state index contributed by atoms with van der Waals surface area (Å²) in [5.41, 5.74) is 0. The van der Waals surface area contributed by atoms with Gasteiger partial charge in [-0.15, -0.1) is 11.3 Å². The maximum Gasteiger partial charge on any atom is 0.214 e. The fraction of sp³-hybridized carbons (Fsp3) is 0. The third-order valence-corrected chi connectivity index (χ3v) is 2.82. The Morgan fingerprint density at radius 2 is 2.50 bits per heavy atom. The zero-order valence-electron chi connectivity index (χ0n) is 4.93. The number of thiophene rings is 1. The Morgan fingerprint density at radius 1 is 1.80 bits per heavy atom. The van der Waals surface area contributed by atoms with Gasteiger partial charge in [0.1, 0.15) is 0 Å². The molecule has 1 rings (SSSR count). The van der Waals surface area contributed by atoms with Crippen molar-refractivity contribution in [3.8, 4) is 0 Å². The van der Waals surface area contributed by atoms with Crippen LogP contribution in [0.3, 0.4) is 0 Å². The minimum atomic E-state index is -0.248. The molecule has 0 fully saturated rings. The van der Waals surface area contributed by atoms with Crippen molar-refractivity contribution in [2.24, 2.45) is 0 Å². The van der Waals surface area contributed by atoms with E-state index in [4.69, 9.17) is 5.41 Å². The molecule has 0 unspecified atom stereocenters. The Labute approximate surface area is 70.5 Å². The van der Waals surface area contributed by atoms with E-state index in [1.165, 1.54) is 11.3 Å². The van der Waals surface area contributed by atoms with E-state index in [1.54, 1.807) is 11.4 Å². The van der Waals surface area contributed by atoms with E-state index in [2.05, 4.69) is 15.9 Å². The first-order valence-electron chi connectivity index (χ1n) is 2.53. The fourth-order valence-electron chi connectivity index (χ4n) is 0.535. The average molecular weight is 218 g/mol. The zero-order chi connectivity index (χ0) is 7.56. The molecule has 1 heterocycles. The standard InChI is InChI=1S/C6H4BrNOS/c7-4-1-2-10-6(4)5(9)3-8/h1-3,8H. The molecular weight excluding hydrogens is 214 g/mol. The van der Waals surface area contributed by atoms with Crippen LogP contribution in [0.2, 0.25) is 0 Å². The number of rotatable bonds is 2. The third kappa shape index (κ3) is 1.33. The molecule has 4 heteroatoms. The number of nitrogens with one attached hydrogen (secondary N) is 1. The number of halogens is 1. The van der Waals surface area contributed by atoms with Crippen LogP contribution in [-0.2, 0) is 0 Å². The Hall–Kier alpha value is -0.480. The Bertz CT molecular complexity index is 268. The van der Waals surface area contributed by atoms with E-state index in [9.17, 15) is 4.79 Å². The van der Waals surface area contributed by atoms with Crippen LogP contribution in [0.4, 0.5) is 0 Å². The lowest BCUT2D eigenvalue weighted by molar-refractivity contribution is 0.107. The summed E-state index contributed by atoms with van der Waals surface area (Å²) >= 11 is 4.53. The molecule has 0 saturated heterocycles. The smallest absolute Gasteiger partial charge is 0.214 e. The predicted octanol–water partition coefficient (Wildman–Crippen LogP) is 2.34. The van der Waals surface area contributed by atoms with Crippen molar-refractivity contribution in [2.45, 2.75) is 0 Å². The van der Waals surface area contributed by atoms with Crippen LogP contribution in [0.1, 0.15) is 9.67 Å². The molecule has 0 amide bonds. The van der Waals surface area contributed by atoms with Gasteiger partial charge in [0.2, 0.25) is 5.78 Å². The second kappa shape index (κ2) is 3.07. The fourth-order valence-corrected chi connectivity index (χ4v) is 2.01. The van der Waals surface area contributed by atoms with Gasteiger partial charge in [-0.3, -0.25) is 4.79 Å². The molecule has 1 N–H and O–H groups in total. The number of Topliss-reactive ketones (excluding diaryl/α,β-unsaturated/α-hetero) is 1. The number of hydrogen-bond acceptors (Lipinski definition) is 3. The van der Waals surface area contributed by atoms with Gasteiger partial charge >= 0.3 is 0 Å². The van der Waals surface area contributed by atoms with E-state index >= 15 is 0 Å². The van der Waals surface area contributed by atoms with E-state index in [-0.39, 0.29) is 5.78 Å². The van der Waals surface area contributed by atoms with Crippen LogP contribution < -0.4 is 0 Å². The van der Waals surface area contributed by atoms with Gasteiger partial charge in [-0.25, -0.2) is 0 Å². The molecule has 0 aliphatic carbocycles. The van der Waals surface area contributed by atoms with Gasteiger partial charge in [0.25, 0.3) is 0 Å². The summed E-state index contributed by atoms with van der Waals surface area (Å²) in [6, 6.07) is 1.79. The highest BCUT2D eigenvalue weighted by molar-refractivity contribution is 9.10. The van der Waals surface area contributed by atoms with E-state index in [1.807, 2.05) is 0 Å². The molecule has 0 atom stereocenters. The van der Waals surface area contributed by atoms with E-state index < -0.39 is 0 Å². The maximum atomic E-state index is 10.8. The van der Waals surface area contributed by atoms with Crippen molar-refractivity contribution in [3.63, 3.8) is 0 Å². The van der Waals surface area contributed by atoms with Crippen LogP contribution >= 0.6 is 27.3 Å². The second-order valence-electron chi connectivity index (χ2n) is 1.61. The molecule has 1 aromatic heterocycles. The molecule has 0 aliphatic rings. The number of carbonyl (C=O) groups is 1. The van der Waals surface area contributed by atoms with Crippen molar-refractivity contribution in [1.29, 1.82) is 5.41 Å². The lowest BCUT2D eigenvalue weighted by Crippen LogP contribution is -1.95. The molecular formula is C6H4BrNOS. The Kier molecular flexibility index (Phi) is 2.34. The SMILES string of the molecule is N=CC(=O)c1sccc1Br. The Morgan fingerprint density at radius 3 is 2.90 bits per heavy atom. The summed E-state index contributed by atoms with van der Waals surface area (Å²) in [6.45, 7) is 0. The average Bonchev–Trinajstić information content (AvgIpc) is 2.34. The maximum absolute atomic E-state index is 10.8. The van der Waals surface area contributed by atoms with Crippen LogP contribution in [0.5, 0.6) is 0 Å². The Balaban J connectivity index is 3.04. The van der Waals surface area contributed by atoms with Crippen molar-refractivity contribution in [3.05, 3.63) is 20.8 Å². The van der Waals surface area contributed by atoms with Gasteiger partial charge in [-0.2, -0.15) is 0 Å². The molecule has 0 bridgehead atoms. The molecule has 0 aromatic carbocycles. The van der Waals surface area contributed by atoms with Crippen LogP contribution in [0.15, 0.2) is 15.9 Å². The van der Waals surface area contributed by atoms with Gasteiger partial charge in [0, 0.05) is 4.47 Å². The molecule has 1 aromatic rings. The first kappa shape index (κ1) is 7.63. The highest BCUT2D eigenvalue weighted by Gasteiger charge is 2.07. The lowest BCUT2D eigenvalue weighted by atomic mass is 10.3. The highest BCUT2D eigenvalue weighted by atomic mass is 79.9. The topological polar surface area (TPSA) is 40.9 Å². The summed E-state index contributed by atoms with van der Waals surface area (Å²) in [7, 11) is 0. The zero-order valence-corrected chi connectivity index (χ0v) is 7.33. The monoisotopic (exact) mass is 217 g/mol. The second-order valence-corrected chi connectivity index (χ2v) is 3.38. The largest absolute Gasteiger partial charge is 0.305 e. The van der Waals surface area contributed by atoms with Crippen LogP contribution in [-0.4, -0.2) is 12.0 Å². The number of carbonyl (C=O) groups excluding carboxylic acids is 1. The highest BCUT2D eigenvalue weighted by Crippen LogP contribution is 2.22. The summed E-state index contributed by atoms with van der Waals surface area (Å²) in [5.74, 6) is -0.248. The number of hydrogen-bond donors (Lipinski definition) is 1. The normalized spacial score (nSPS) is 9.30.